The second-order valence-electron chi connectivity index (χ2n) is 10.8. The van der Waals surface area contributed by atoms with Crippen molar-refractivity contribution in [3.8, 4) is 5.75 Å². The van der Waals surface area contributed by atoms with Crippen LogP contribution in [0, 0.1) is 0 Å². The number of likely N-dealkylation sites (N-methyl/N-ethyl adjacent to an activating group) is 1. The zero-order chi connectivity index (χ0) is 28.3. The van der Waals surface area contributed by atoms with Crippen molar-refractivity contribution < 1.29 is 37.0 Å². The van der Waals surface area contributed by atoms with Gasteiger partial charge in [-0.15, -0.1) is 13.2 Å². The van der Waals surface area contributed by atoms with Crippen molar-refractivity contribution in [3.63, 3.8) is 0 Å². The number of fused-ring (bicyclic) bond motifs is 1. The fraction of sp³-hybridized carbons (Fsp3) is 0.433. The predicted octanol–water partition coefficient (Wildman–Crippen LogP) is 5.65. The standard InChI is InChI=1S/C30H35F3N2O4/c1-4-17-35(2)21-29(38-3)16-9-8-15-28(29,23-13-10-14-24(36)19-23)20-26(35)34-27(37)25(39-30(31,32)33)18-22-11-6-5-7-12-22/h4-7,10-14,18-19,26H,1,8-9,15-17,20-21H2,2-3H3,(H-,34,36,37)/p+1/t26-,28?,29?,35+/m0/s1. The molecule has 0 bridgehead atoms. The van der Waals surface area contributed by atoms with Crippen molar-refractivity contribution in [2.75, 3.05) is 27.2 Å². The zero-order valence-electron chi connectivity index (χ0n) is 22.3. The maximum Gasteiger partial charge on any atom is 0.573 e. The molecule has 210 valence electrons. The van der Waals surface area contributed by atoms with Gasteiger partial charge in [-0.05, 0) is 48.3 Å². The van der Waals surface area contributed by atoms with Crippen LogP contribution < -0.4 is 5.32 Å². The molecule has 0 radical (unpaired) electrons. The highest BCUT2D eigenvalue weighted by Gasteiger charge is 2.64. The molecule has 1 aliphatic carbocycles. The third kappa shape index (κ3) is 5.84. The highest BCUT2D eigenvalue weighted by Crippen LogP contribution is 2.56. The molecule has 2 aromatic rings. The fourth-order valence-corrected chi connectivity index (χ4v) is 6.64. The summed E-state index contributed by atoms with van der Waals surface area (Å²) in [5.41, 5.74) is 0.105. The van der Waals surface area contributed by atoms with E-state index in [-0.39, 0.29) is 10.2 Å². The third-order valence-corrected chi connectivity index (χ3v) is 8.40. The number of likely N-dealkylation sites (tertiary alicyclic amines) is 1. The van der Waals surface area contributed by atoms with Gasteiger partial charge in [-0.2, -0.15) is 0 Å². The molecule has 1 amide bonds. The number of nitrogens with one attached hydrogen (secondary N) is 1. The van der Waals surface area contributed by atoms with Crippen molar-refractivity contribution in [2.24, 2.45) is 0 Å². The monoisotopic (exact) mass is 545 g/mol. The Hall–Kier alpha value is -3.30. The SMILES string of the molecule is C=CC[N@+]1(C)CC2(OC)CCCCC2(c2cccc(O)c2)C[C@H]1NC(=O)C(=Cc1ccccc1)OC(F)(F)F. The minimum Gasteiger partial charge on any atom is -0.508 e. The number of methoxy groups -OCH3 is 1. The van der Waals surface area contributed by atoms with Gasteiger partial charge in [0.05, 0.1) is 13.6 Å². The molecule has 0 spiro atoms. The van der Waals surface area contributed by atoms with Crippen LogP contribution in [0.15, 0.2) is 73.0 Å². The number of carbonyl (C=O) groups is 1. The number of phenols is 1. The van der Waals surface area contributed by atoms with Crippen LogP contribution >= 0.6 is 0 Å². The molecule has 1 heterocycles. The molecule has 4 rings (SSSR count). The molecular formula is C30H36F3N2O4+. The Kier molecular flexibility index (Phi) is 8.14. The quantitative estimate of drug-likeness (QED) is 0.195. The highest BCUT2D eigenvalue weighted by atomic mass is 19.4. The molecule has 1 saturated heterocycles. The number of alkyl halides is 3. The largest absolute Gasteiger partial charge is 0.573 e. The number of hydrogen-bond acceptors (Lipinski definition) is 4. The Labute approximate surface area is 227 Å². The van der Waals surface area contributed by atoms with E-state index in [1.807, 2.05) is 13.1 Å². The molecule has 2 aliphatic rings. The van der Waals surface area contributed by atoms with Gasteiger partial charge >= 0.3 is 6.36 Å². The van der Waals surface area contributed by atoms with Crippen molar-refractivity contribution >= 4 is 12.0 Å². The number of rotatable bonds is 8. The smallest absolute Gasteiger partial charge is 0.508 e. The number of halogens is 3. The number of quaternary nitrogens is 1. The number of carbonyl (C=O) groups excluding carboxylic acids is 1. The van der Waals surface area contributed by atoms with Gasteiger partial charge in [0.15, 0.2) is 11.9 Å². The molecule has 2 aromatic carbocycles. The Morgan fingerprint density at radius 1 is 1.18 bits per heavy atom. The lowest BCUT2D eigenvalue weighted by molar-refractivity contribution is -0.944. The minimum atomic E-state index is -5.04. The number of piperidine rings is 1. The number of ether oxygens (including phenoxy) is 2. The van der Waals surface area contributed by atoms with Crippen molar-refractivity contribution in [2.45, 2.75) is 55.6 Å². The summed E-state index contributed by atoms with van der Waals surface area (Å²) >= 11 is 0. The number of nitrogens with zero attached hydrogens (tertiary/aromatic N) is 1. The van der Waals surface area contributed by atoms with Gasteiger partial charge in [0.25, 0.3) is 5.91 Å². The number of hydrogen-bond donors (Lipinski definition) is 2. The van der Waals surface area contributed by atoms with Crippen LogP contribution in [0.4, 0.5) is 13.2 Å². The van der Waals surface area contributed by atoms with Crippen LogP contribution in [0.2, 0.25) is 0 Å². The minimum absolute atomic E-state index is 0.124. The van der Waals surface area contributed by atoms with Gasteiger partial charge in [-0.1, -0.05) is 61.9 Å². The van der Waals surface area contributed by atoms with Crippen LogP contribution in [0.5, 0.6) is 5.75 Å². The molecule has 2 N–H and O–H groups in total. The third-order valence-electron chi connectivity index (χ3n) is 8.40. The number of aromatic hydroxyl groups is 1. The summed E-state index contributed by atoms with van der Waals surface area (Å²) in [5, 5.41) is 13.2. The molecule has 4 atom stereocenters. The second-order valence-corrected chi connectivity index (χ2v) is 10.8. The summed E-state index contributed by atoms with van der Waals surface area (Å²) < 4.78 is 50.9. The second kappa shape index (κ2) is 11.1. The van der Waals surface area contributed by atoms with E-state index in [9.17, 15) is 23.1 Å². The molecule has 0 aromatic heterocycles. The average Bonchev–Trinajstić information content (AvgIpc) is 2.88. The van der Waals surface area contributed by atoms with Crippen LogP contribution in [-0.2, 0) is 19.7 Å². The molecular weight excluding hydrogens is 509 g/mol. The summed E-state index contributed by atoms with van der Waals surface area (Å²) in [6.45, 7) is 4.86. The van der Waals surface area contributed by atoms with E-state index in [2.05, 4.69) is 16.6 Å². The number of benzene rings is 2. The molecule has 1 saturated carbocycles. The van der Waals surface area contributed by atoms with Gasteiger partial charge in [0.1, 0.15) is 17.9 Å². The number of phenolic OH excluding ortho intramolecular Hbond substituents is 1. The Bertz CT molecular complexity index is 1220. The van der Waals surface area contributed by atoms with Crippen molar-refractivity contribution in [3.05, 3.63) is 84.1 Å². The van der Waals surface area contributed by atoms with Crippen LogP contribution in [0.3, 0.4) is 0 Å². The molecule has 39 heavy (non-hydrogen) atoms. The first-order chi connectivity index (χ1) is 18.5. The van der Waals surface area contributed by atoms with Gasteiger partial charge in [-0.25, -0.2) is 0 Å². The van der Waals surface area contributed by atoms with E-state index < -0.39 is 35.2 Å². The van der Waals surface area contributed by atoms with E-state index in [4.69, 9.17) is 4.74 Å². The predicted molar refractivity (Wildman–Crippen MR) is 142 cm³/mol. The molecule has 6 nitrogen and oxygen atoms in total. The Balaban J connectivity index is 1.77. The summed E-state index contributed by atoms with van der Waals surface area (Å²) in [5.74, 6) is -1.67. The first-order valence-corrected chi connectivity index (χ1v) is 13.1. The van der Waals surface area contributed by atoms with E-state index in [0.29, 0.717) is 25.1 Å². The van der Waals surface area contributed by atoms with Gasteiger partial charge in [0, 0.05) is 18.9 Å². The summed E-state index contributed by atoms with van der Waals surface area (Å²) in [7, 11) is 3.65. The lowest BCUT2D eigenvalue weighted by Crippen LogP contribution is -2.76. The maximum absolute atomic E-state index is 13.5. The van der Waals surface area contributed by atoms with Crippen LogP contribution in [-0.4, -0.2) is 60.9 Å². The van der Waals surface area contributed by atoms with Crippen LogP contribution in [0.25, 0.3) is 6.08 Å². The molecule has 1 aliphatic heterocycles. The summed E-state index contributed by atoms with van der Waals surface area (Å²) in [6, 6.07) is 15.3. The van der Waals surface area contributed by atoms with E-state index >= 15 is 0 Å². The van der Waals surface area contributed by atoms with Crippen molar-refractivity contribution in [1.29, 1.82) is 0 Å². The van der Waals surface area contributed by atoms with Crippen molar-refractivity contribution in [1.82, 2.24) is 5.32 Å². The van der Waals surface area contributed by atoms with Gasteiger partial charge in [-0.3, -0.25) is 10.1 Å². The molecule has 2 fully saturated rings. The topological polar surface area (TPSA) is 67.8 Å². The summed E-state index contributed by atoms with van der Waals surface area (Å²) in [6.07, 6.45) is 1.01. The summed E-state index contributed by atoms with van der Waals surface area (Å²) in [4.78, 5) is 13.5. The van der Waals surface area contributed by atoms with Gasteiger partial charge in [0.2, 0.25) is 0 Å². The van der Waals surface area contributed by atoms with E-state index in [1.54, 1.807) is 61.7 Å². The fourth-order valence-electron chi connectivity index (χ4n) is 6.64. The zero-order valence-corrected chi connectivity index (χ0v) is 22.3. The lowest BCUT2D eigenvalue weighted by Gasteiger charge is -2.62. The van der Waals surface area contributed by atoms with E-state index in [1.165, 1.54) is 0 Å². The average molecular weight is 546 g/mol. The first kappa shape index (κ1) is 28.7. The highest BCUT2D eigenvalue weighted by molar-refractivity contribution is 5.96. The normalized spacial score (nSPS) is 29.3. The maximum atomic E-state index is 13.5. The van der Waals surface area contributed by atoms with Crippen LogP contribution in [0.1, 0.15) is 43.2 Å². The van der Waals surface area contributed by atoms with E-state index in [0.717, 1.165) is 37.3 Å². The molecule has 2 unspecified atom stereocenters. The lowest BCUT2D eigenvalue weighted by atomic mass is 9.55. The molecule has 9 heteroatoms. The Morgan fingerprint density at radius 2 is 1.90 bits per heavy atom. The first-order valence-electron chi connectivity index (χ1n) is 13.1. The van der Waals surface area contributed by atoms with Gasteiger partial charge < -0.3 is 19.1 Å². The Morgan fingerprint density at radius 3 is 2.54 bits per heavy atom. The number of amides is 1.